The lowest BCUT2D eigenvalue weighted by Crippen LogP contribution is -2.66. The molecule has 92 valence electrons. The Morgan fingerprint density at radius 1 is 1.12 bits per heavy atom. The zero-order valence-electron chi connectivity index (χ0n) is 11.0. The number of likely N-dealkylation sites (tertiary alicyclic amines) is 1. The van der Waals surface area contributed by atoms with Crippen molar-refractivity contribution >= 4 is 0 Å². The van der Waals surface area contributed by atoms with Crippen LogP contribution >= 0.6 is 0 Å². The van der Waals surface area contributed by atoms with Crippen molar-refractivity contribution in [1.82, 2.24) is 4.90 Å². The van der Waals surface area contributed by atoms with Gasteiger partial charge in [0.05, 0.1) is 5.60 Å². The molecular weight excluding hydrogens is 198 g/mol. The van der Waals surface area contributed by atoms with Crippen molar-refractivity contribution < 1.29 is 4.74 Å². The van der Waals surface area contributed by atoms with Crippen molar-refractivity contribution in [2.24, 2.45) is 11.3 Å². The summed E-state index contributed by atoms with van der Waals surface area (Å²) in [5, 5.41) is 0. The van der Waals surface area contributed by atoms with Crippen LogP contribution in [-0.4, -0.2) is 36.2 Å². The van der Waals surface area contributed by atoms with Crippen LogP contribution in [0.25, 0.3) is 0 Å². The van der Waals surface area contributed by atoms with Gasteiger partial charge in [-0.15, -0.1) is 0 Å². The van der Waals surface area contributed by atoms with Gasteiger partial charge in [0.2, 0.25) is 0 Å². The molecule has 1 atom stereocenters. The minimum Gasteiger partial charge on any atom is -0.372 e. The zero-order chi connectivity index (χ0) is 11.4. The highest BCUT2D eigenvalue weighted by molar-refractivity contribution is 5.06. The number of hydrogen-bond acceptors (Lipinski definition) is 2. The summed E-state index contributed by atoms with van der Waals surface area (Å²) in [5.41, 5.74) is 0.704. The Morgan fingerprint density at radius 2 is 1.81 bits per heavy atom. The van der Waals surface area contributed by atoms with Gasteiger partial charge in [-0.25, -0.2) is 0 Å². The molecule has 0 aromatic rings. The van der Waals surface area contributed by atoms with E-state index in [0.29, 0.717) is 5.41 Å². The van der Waals surface area contributed by atoms with E-state index < -0.39 is 0 Å². The Kier molecular flexibility index (Phi) is 2.38. The van der Waals surface area contributed by atoms with E-state index in [1.807, 2.05) is 0 Å². The molecule has 3 rings (SSSR count). The lowest BCUT2D eigenvalue weighted by Gasteiger charge is -2.55. The van der Waals surface area contributed by atoms with Crippen LogP contribution in [-0.2, 0) is 4.74 Å². The largest absolute Gasteiger partial charge is 0.372 e. The van der Waals surface area contributed by atoms with Crippen LogP contribution in [0.3, 0.4) is 0 Å². The van der Waals surface area contributed by atoms with Crippen molar-refractivity contribution in [3.05, 3.63) is 0 Å². The second kappa shape index (κ2) is 3.46. The molecule has 1 aliphatic carbocycles. The second-order valence-corrected chi connectivity index (χ2v) is 7.22. The van der Waals surface area contributed by atoms with E-state index in [1.165, 1.54) is 38.8 Å². The number of nitrogens with zero attached hydrogens (tertiary/aromatic N) is 1. The maximum Gasteiger partial charge on any atom is 0.0937 e. The third-order valence-corrected chi connectivity index (χ3v) is 4.76. The standard InChI is InChI=1S/C14H25NO/c1-13(2,3)11-6-7-16-14(8-11)9-15(10-14)12-4-5-12/h11-12H,4-10H2,1-3H3. The van der Waals surface area contributed by atoms with Crippen LogP contribution in [0.4, 0.5) is 0 Å². The summed E-state index contributed by atoms with van der Waals surface area (Å²) >= 11 is 0. The highest BCUT2D eigenvalue weighted by Crippen LogP contribution is 2.46. The number of rotatable bonds is 1. The zero-order valence-corrected chi connectivity index (χ0v) is 11.0. The topological polar surface area (TPSA) is 12.5 Å². The third kappa shape index (κ3) is 1.91. The third-order valence-electron chi connectivity index (χ3n) is 4.76. The molecule has 0 aromatic heterocycles. The van der Waals surface area contributed by atoms with Gasteiger partial charge < -0.3 is 4.74 Å². The lowest BCUT2D eigenvalue weighted by atomic mass is 9.69. The van der Waals surface area contributed by atoms with E-state index in [1.54, 1.807) is 0 Å². The van der Waals surface area contributed by atoms with Crippen LogP contribution in [0.5, 0.6) is 0 Å². The van der Waals surface area contributed by atoms with Gasteiger partial charge >= 0.3 is 0 Å². The predicted molar refractivity (Wildman–Crippen MR) is 65.5 cm³/mol. The lowest BCUT2D eigenvalue weighted by molar-refractivity contribution is -0.190. The van der Waals surface area contributed by atoms with E-state index in [2.05, 4.69) is 25.7 Å². The summed E-state index contributed by atoms with van der Waals surface area (Å²) in [6.07, 6.45) is 5.41. The van der Waals surface area contributed by atoms with Crippen molar-refractivity contribution in [3.63, 3.8) is 0 Å². The summed E-state index contributed by atoms with van der Waals surface area (Å²) in [4.78, 5) is 2.63. The fourth-order valence-corrected chi connectivity index (χ4v) is 3.38. The monoisotopic (exact) mass is 223 g/mol. The van der Waals surface area contributed by atoms with E-state index in [-0.39, 0.29) is 5.60 Å². The molecule has 0 aromatic carbocycles. The molecular formula is C14H25NO. The van der Waals surface area contributed by atoms with Crippen LogP contribution in [0.2, 0.25) is 0 Å². The van der Waals surface area contributed by atoms with E-state index in [4.69, 9.17) is 4.74 Å². The number of ether oxygens (including phenoxy) is 1. The molecule has 2 saturated heterocycles. The Labute approximate surface area is 99.3 Å². The highest BCUT2D eigenvalue weighted by atomic mass is 16.5. The summed E-state index contributed by atoms with van der Waals surface area (Å²) in [7, 11) is 0. The predicted octanol–water partition coefficient (Wildman–Crippen LogP) is 2.68. The van der Waals surface area contributed by atoms with Gasteiger partial charge in [-0.3, -0.25) is 4.90 Å². The number of hydrogen-bond donors (Lipinski definition) is 0. The first kappa shape index (κ1) is 11.0. The normalized spacial score (nSPS) is 35.1. The first-order valence-electron chi connectivity index (χ1n) is 6.87. The smallest absolute Gasteiger partial charge is 0.0937 e. The molecule has 1 spiro atoms. The maximum absolute atomic E-state index is 6.09. The molecule has 1 saturated carbocycles. The summed E-state index contributed by atoms with van der Waals surface area (Å²) in [6, 6.07) is 0.921. The molecule has 3 fully saturated rings. The first-order chi connectivity index (χ1) is 7.49. The molecule has 2 nitrogen and oxygen atoms in total. The van der Waals surface area contributed by atoms with Crippen molar-refractivity contribution in [2.75, 3.05) is 19.7 Å². The second-order valence-electron chi connectivity index (χ2n) is 7.22. The average molecular weight is 223 g/mol. The van der Waals surface area contributed by atoms with Gasteiger partial charge in [0.1, 0.15) is 0 Å². The van der Waals surface area contributed by atoms with Gasteiger partial charge in [-0.2, -0.15) is 0 Å². The molecule has 2 aliphatic heterocycles. The average Bonchev–Trinajstić information content (AvgIpc) is 2.96. The highest BCUT2D eigenvalue weighted by Gasteiger charge is 2.52. The van der Waals surface area contributed by atoms with Gasteiger partial charge in [0.25, 0.3) is 0 Å². The van der Waals surface area contributed by atoms with Gasteiger partial charge in [-0.05, 0) is 37.0 Å². The quantitative estimate of drug-likeness (QED) is 0.677. The fourth-order valence-electron chi connectivity index (χ4n) is 3.38. The molecule has 0 amide bonds. The summed E-state index contributed by atoms with van der Waals surface area (Å²) in [5.74, 6) is 0.850. The van der Waals surface area contributed by atoms with Gasteiger partial charge in [-0.1, -0.05) is 20.8 Å². The molecule has 0 N–H and O–H groups in total. The first-order valence-corrected chi connectivity index (χ1v) is 6.87. The summed E-state index contributed by atoms with van der Waals surface area (Å²) in [6.45, 7) is 10.6. The summed E-state index contributed by atoms with van der Waals surface area (Å²) < 4.78 is 6.09. The minimum atomic E-state index is 0.249. The molecule has 2 heterocycles. The van der Waals surface area contributed by atoms with Crippen LogP contribution in [0.15, 0.2) is 0 Å². The van der Waals surface area contributed by atoms with Crippen LogP contribution in [0.1, 0.15) is 46.5 Å². The van der Waals surface area contributed by atoms with E-state index >= 15 is 0 Å². The Bertz CT molecular complexity index is 271. The molecule has 0 radical (unpaired) electrons. The van der Waals surface area contributed by atoms with Crippen LogP contribution in [0, 0.1) is 11.3 Å². The van der Waals surface area contributed by atoms with Crippen molar-refractivity contribution in [1.29, 1.82) is 0 Å². The maximum atomic E-state index is 6.09. The molecule has 0 bridgehead atoms. The fraction of sp³-hybridized carbons (Fsp3) is 1.00. The van der Waals surface area contributed by atoms with Gasteiger partial charge in [0.15, 0.2) is 0 Å². The van der Waals surface area contributed by atoms with Crippen molar-refractivity contribution in [3.8, 4) is 0 Å². The minimum absolute atomic E-state index is 0.249. The molecule has 3 aliphatic rings. The van der Waals surface area contributed by atoms with Gasteiger partial charge in [0, 0.05) is 25.7 Å². The Hall–Kier alpha value is -0.0800. The van der Waals surface area contributed by atoms with E-state index in [0.717, 1.165) is 18.6 Å². The molecule has 16 heavy (non-hydrogen) atoms. The molecule has 1 unspecified atom stereocenters. The Balaban J connectivity index is 1.60. The Morgan fingerprint density at radius 3 is 2.38 bits per heavy atom. The SMILES string of the molecule is CC(C)(C)C1CCOC2(C1)CN(C1CC1)C2. The van der Waals surface area contributed by atoms with Crippen molar-refractivity contribution in [2.45, 2.75) is 58.1 Å². The molecule has 2 heteroatoms. The van der Waals surface area contributed by atoms with E-state index in [9.17, 15) is 0 Å². The van der Waals surface area contributed by atoms with Crippen LogP contribution < -0.4 is 0 Å².